The molecular weight excluding hydrogens is 274 g/mol. The first-order chi connectivity index (χ1) is 8.83. The molecule has 0 atom stereocenters. The molecule has 7 heteroatoms. The number of fused-ring (bicyclic) bond motifs is 1. The van der Waals surface area contributed by atoms with Crippen LogP contribution < -0.4 is 14.8 Å². The van der Waals surface area contributed by atoms with Crippen LogP contribution in [0.2, 0.25) is 0 Å². The van der Waals surface area contributed by atoms with E-state index in [2.05, 4.69) is 19.8 Å². The van der Waals surface area contributed by atoms with Crippen LogP contribution in [0.1, 0.15) is 13.8 Å². The van der Waals surface area contributed by atoms with Crippen molar-refractivity contribution in [2.45, 2.75) is 25.7 Å². The maximum absolute atomic E-state index is 12.9. The lowest BCUT2D eigenvalue weighted by Gasteiger charge is -2.09. The standard InChI is InChI=1S/C12H12F2N2O2S/c1-11(2)6-19-10(16-11)15-7-3-4-8-9(5-7)18-12(13,14)17-8/h3-5H,6H2,1-2H3,(H,15,16). The number of thioether (sulfide) groups is 1. The van der Waals surface area contributed by atoms with Crippen LogP contribution in [-0.2, 0) is 0 Å². The number of alkyl halides is 2. The Hall–Kier alpha value is -1.50. The summed E-state index contributed by atoms with van der Waals surface area (Å²) in [5.74, 6) is 0.951. The highest BCUT2D eigenvalue weighted by atomic mass is 32.2. The topological polar surface area (TPSA) is 42.8 Å². The molecule has 0 saturated carbocycles. The van der Waals surface area contributed by atoms with Crippen molar-refractivity contribution in [1.29, 1.82) is 0 Å². The van der Waals surface area contributed by atoms with Crippen LogP contribution in [0.25, 0.3) is 0 Å². The summed E-state index contributed by atoms with van der Waals surface area (Å²) >= 11 is 1.60. The van der Waals surface area contributed by atoms with Gasteiger partial charge in [-0.05, 0) is 26.0 Å². The fourth-order valence-electron chi connectivity index (χ4n) is 1.80. The van der Waals surface area contributed by atoms with Crippen molar-refractivity contribution in [3.8, 4) is 11.5 Å². The van der Waals surface area contributed by atoms with Gasteiger partial charge in [0.1, 0.15) is 0 Å². The Labute approximate surface area is 113 Å². The lowest BCUT2D eigenvalue weighted by atomic mass is 10.1. The summed E-state index contributed by atoms with van der Waals surface area (Å²) in [6.45, 7) is 4.07. The van der Waals surface area contributed by atoms with Gasteiger partial charge in [-0.25, -0.2) is 0 Å². The molecule has 0 unspecified atom stereocenters. The Morgan fingerprint density at radius 1 is 1.26 bits per heavy atom. The van der Waals surface area contributed by atoms with Gasteiger partial charge in [-0.3, -0.25) is 4.99 Å². The van der Waals surface area contributed by atoms with Gasteiger partial charge in [0, 0.05) is 17.5 Å². The Morgan fingerprint density at radius 3 is 2.68 bits per heavy atom. The molecule has 0 aromatic heterocycles. The second-order valence-corrected chi connectivity index (χ2v) is 5.94. The predicted octanol–water partition coefficient (Wildman–Crippen LogP) is 3.30. The molecule has 4 nitrogen and oxygen atoms in total. The number of hydrogen-bond donors (Lipinski definition) is 1. The molecule has 1 aromatic rings. The molecule has 2 aliphatic heterocycles. The predicted molar refractivity (Wildman–Crippen MR) is 70.2 cm³/mol. The zero-order valence-electron chi connectivity index (χ0n) is 10.4. The van der Waals surface area contributed by atoms with Crippen molar-refractivity contribution < 1.29 is 18.3 Å². The first kappa shape index (κ1) is 12.5. The van der Waals surface area contributed by atoms with Gasteiger partial charge in [0.05, 0.1) is 5.54 Å². The van der Waals surface area contributed by atoms with Crippen molar-refractivity contribution in [3.05, 3.63) is 18.2 Å². The van der Waals surface area contributed by atoms with Gasteiger partial charge in [0.2, 0.25) is 0 Å². The molecule has 0 spiro atoms. The molecule has 2 heterocycles. The molecule has 0 bridgehead atoms. The van der Waals surface area contributed by atoms with Gasteiger partial charge in [0.15, 0.2) is 16.7 Å². The highest BCUT2D eigenvalue weighted by molar-refractivity contribution is 8.14. The number of rotatable bonds is 1. The second kappa shape index (κ2) is 4.00. The number of nitrogens with zero attached hydrogens (tertiary/aromatic N) is 1. The maximum atomic E-state index is 12.9. The quantitative estimate of drug-likeness (QED) is 0.860. The number of amidine groups is 1. The van der Waals surface area contributed by atoms with Crippen LogP contribution in [0.15, 0.2) is 23.2 Å². The first-order valence-electron chi connectivity index (χ1n) is 5.73. The van der Waals surface area contributed by atoms with Crippen LogP contribution in [0.4, 0.5) is 14.5 Å². The van der Waals surface area contributed by atoms with Crippen molar-refractivity contribution >= 4 is 22.6 Å². The number of hydrogen-bond acceptors (Lipinski definition) is 5. The zero-order valence-corrected chi connectivity index (χ0v) is 11.2. The van der Waals surface area contributed by atoms with Crippen LogP contribution in [0, 0.1) is 0 Å². The van der Waals surface area contributed by atoms with E-state index >= 15 is 0 Å². The highest BCUT2D eigenvalue weighted by Gasteiger charge is 2.43. The Kier molecular flexibility index (Phi) is 2.63. The molecular formula is C12H12F2N2O2S. The summed E-state index contributed by atoms with van der Waals surface area (Å²) in [5.41, 5.74) is 0.542. The molecule has 3 rings (SSSR count). The van der Waals surface area contributed by atoms with E-state index in [9.17, 15) is 8.78 Å². The number of aliphatic imine (C=N–C) groups is 1. The monoisotopic (exact) mass is 286 g/mol. The van der Waals surface area contributed by atoms with Gasteiger partial charge in [-0.15, -0.1) is 8.78 Å². The molecule has 1 N–H and O–H groups in total. The van der Waals surface area contributed by atoms with Crippen LogP contribution in [-0.4, -0.2) is 22.8 Å². The number of nitrogens with one attached hydrogen (secondary N) is 1. The number of anilines is 1. The minimum atomic E-state index is -3.58. The molecule has 0 aliphatic carbocycles. The summed E-state index contributed by atoms with van der Waals surface area (Å²) in [4.78, 5) is 4.49. The minimum absolute atomic E-state index is 0.0258. The van der Waals surface area contributed by atoms with Gasteiger partial charge in [-0.1, -0.05) is 11.8 Å². The van der Waals surface area contributed by atoms with E-state index in [0.29, 0.717) is 5.69 Å². The third-order valence-corrected chi connectivity index (χ3v) is 3.94. The minimum Gasteiger partial charge on any atom is -0.395 e. The normalized spacial score (nSPS) is 22.2. The van der Waals surface area contributed by atoms with Crippen molar-refractivity contribution in [2.24, 2.45) is 4.99 Å². The Morgan fingerprint density at radius 2 is 2.00 bits per heavy atom. The van der Waals surface area contributed by atoms with E-state index in [1.54, 1.807) is 17.8 Å². The maximum Gasteiger partial charge on any atom is 0.586 e. The summed E-state index contributed by atoms with van der Waals surface area (Å²) in [6.07, 6.45) is -3.58. The fourth-order valence-corrected chi connectivity index (χ4v) is 2.85. The second-order valence-electron chi connectivity index (χ2n) is 4.97. The number of halogens is 2. The van der Waals surface area contributed by atoms with Crippen molar-refractivity contribution in [3.63, 3.8) is 0 Å². The average molecular weight is 286 g/mol. The molecule has 102 valence electrons. The Bertz CT molecular complexity index is 561. The van der Waals surface area contributed by atoms with Gasteiger partial charge >= 0.3 is 6.29 Å². The van der Waals surface area contributed by atoms with Gasteiger partial charge in [-0.2, -0.15) is 0 Å². The van der Waals surface area contributed by atoms with Crippen molar-refractivity contribution in [1.82, 2.24) is 0 Å². The van der Waals surface area contributed by atoms with Crippen LogP contribution >= 0.6 is 11.8 Å². The summed E-state index contributed by atoms with van der Waals surface area (Å²) in [5, 5.41) is 3.86. The average Bonchev–Trinajstić information content (AvgIpc) is 2.76. The SMILES string of the molecule is CC1(C)CSC(Nc2ccc3c(c2)OC(F)(F)O3)=N1. The van der Waals surface area contributed by atoms with E-state index < -0.39 is 6.29 Å². The highest BCUT2D eigenvalue weighted by Crippen LogP contribution is 2.42. The fraction of sp³-hybridized carbons (Fsp3) is 0.417. The lowest BCUT2D eigenvalue weighted by molar-refractivity contribution is -0.286. The molecule has 0 fully saturated rings. The van der Waals surface area contributed by atoms with Crippen LogP contribution in [0.5, 0.6) is 11.5 Å². The third-order valence-electron chi connectivity index (χ3n) is 2.62. The third kappa shape index (κ3) is 2.60. The molecule has 0 amide bonds. The van der Waals surface area contributed by atoms with E-state index in [-0.39, 0.29) is 17.0 Å². The largest absolute Gasteiger partial charge is 0.586 e. The van der Waals surface area contributed by atoms with Gasteiger partial charge in [0.25, 0.3) is 0 Å². The summed E-state index contributed by atoms with van der Waals surface area (Å²) in [7, 11) is 0. The van der Waals surface area contributed by atoms with E-state index in [1.807, 2.05) is 13.8 Å². The van der Waals surface area contributed by atoms with E-state index in [1.165, 1.54) is 12.1 Å². The molecule has 1 aromatic carbocycles. The van der Waals surface area contributed by atoms with Gasteiger partial charge < -0.3 is 14.8 Å². The molecule has 0 radical (unpaired) electrons. The zero-order chi connectivity index (χ0) is 13.7. The smallest absolute Gasteiger partial charge is 0.395 e. The molecule has 0 saturated heterocycles. The lowest BCUT2D eigenvalue weighted by Crippen LogP contribution is -2.25. The summed E-state index contributed by atoms with van der Waals surface area (Å²) < 4.78 is 34.5. The van der Waals surface area contributed by atoms with E-state index in [4.69, 9.17) is 0 Å². The number of benzene rings is 1. The van der Waals surface area contributed by atoms with E-state index in [0.717, 1.165) is 10.9 Å². The van der Waals surface area contributed by atoms with Crippen molar-refractivity contribution in [2.75, 3.05) is 11.1 Å². The summed E-state index contributed by atoms with van der Waals surface area (Å²) in [6, 6.07) is 4.58. The van der Waals surface area contributed by atoms with Crippen LogP contribution in [0.3, 0.4) is 0 Å². The molecule has 19 heavy (non-hydrogen) atoms. The number of ether oxygens (including phenoxy) is 2. The Balaban J connectivity index is 1.78. The molecule has 2 aliphatic rings. The first-order valence-corrected chi connectivity index (χ1v) is 6.71.